The molecule has 2 aromatic carbocycles. The third-order valence-electron chi connectivity index (χ3n) is 3.18. The van der Waals surface area contributed by atoms with Crippen molar-refractivity contribution >= 4 is 11.1 Å². The highest BCUT2D eigenvalue weighted by molar-refractivity contribution is 5.73. The predicted molar refractivity (Wildman–Crippen MR) is 60.9 cm³/mol. The Morgan fingerprint density at radius 3 is 2.75 bits per heavy atom. The van der Waals surface area contributed by atoms with E-state index in [1.807, 2.05) is 18.2 Å². The van der Waals surface area contributed by atoms with Gasteiger partial charge in [-0.25, -0.2) is 0 Å². The Bertz CT molecular complexity index is 697. The van der Waals surface area contributed by atoms with Crippen LogP contribution in [-0.4, -0.2) is 0 Å². The van der Waals surface area contributed by atoms with Crippen molar-refractivity contribution in [1.82, 2.24) is 0 Å². The average molecular weight is 208 g/mol. The number of para-hydroxylation sites is 2. The Labute approximate surface area is 92.8 Å². The van der Waals surface area contributed by atoms with Crippen LogP contribution in [0.5, 0.6) is 0 Å². The molecular weight excluding hydrogens is 198 g/mol. The smallest absolute Gasteiger partial charge is 0.382 e. The molecule has 0 N–H and O–H groups in total. The molecule has 0 saturated heterocycles. The summed E-state index contributed by atoms with van der Waals surface area (Å²) < 4.78 is 8.14. The van der Waals surface area contributed by atoms with Gasteiger partial charge in [0.15, 0.2) is 6.54 Å². The van der Waals surface area contributed by atoms with Crippen LogP contribution in [0.3, 0.4) is 0 Å². The Kier molecular flexibility index (Phi) is 1.38. The van der Waals surface area contributed by atoms with Crippen LogP contribution in [0.2, 0.25) is 0 Å². The number of fused-ring (bicyclic) bond motifs is 5. The van der Waals surface area contributed by atoms with Crippen LogP contribution in [0.1, 0.15) is 5.56 Å². The third-order valence-corrected chi connectivity index (χ3v) is 3.18. The lowest BCUT2D eigenvalue weighted by Gasteiger charge is -1.90. The van der Waals surface area contributed by atoms with Crippen LogP contribution in [-0.2, 0) is 6.54 Å². The van der Waals surface area contributed by atoms with E-state index in [1.165, 1.54) is 16.6 Å². The van der Waals surface area contributed by atoms with Crippen molar-refractivity contribution in [1.29, 1.82) is 0 Å². The molecule has 0 radical (unpaired) electrons. The highest BCUT2D eigenvalue weighted by Crippen LogP contribution is 2.30. The van der Waals surface area contributed by atoms with Gasteiger partial charge in [0.05, 0.1) is 5.56 Å². The molecule has 3 aromatic rings. The van der Waals surface area contributed by atoms with E-state index in [0.29, 0.717) is 0 Å². The van der Waals surface area contributed by atoms with Gasteiger partial charge in [-0.05, 0) is 12.1 Å². The van der Waals surface area contributed by atoms with E-state index in [9.17, 15) is 0 Å². The zero-order valence-corrected chi connectivity index (χ0v) is 8.68. The monoisotopic (exact) mass is 208 g/mol. The fourth-order valence-electron chi connectivity index (χ4n) is 2.43. The molecule has 4 rings (SSSR count). The van der Waals surface area contributed by atoms with Gasteiger partial charge in [0.25, 0.3) is 5.52 Å². The maximum absolute atomic E-state index is 5.90. The van der Waals surface area contributed by atoms with E-state index in [2.05, 4.69) is 34.9 Å². The van der Waals surface area contributed by atoms with Crippen LogP contribution in [0.15, 0.2) is 52.9 Å². The topological polar surface area (TPSA) is 17.0 Å². The van der Waals surface area contributed by atoms with E-state index < -0.39 is 0 Å². The minimum atomic E-state index is 0.919. The minimum Gasteiger partial charge on any atom is -0.398 e. The summed E-state index contributed by atoms with van der Waals surface area (Å²) >= 11 is 0. The highest BCUT2D eigenvalue weighted by Gasteiger charge is 2.32. The largest absolute Gasteiger partial charge is 0.398 e. The Morgan fingerprint density at radius 1 is 0.938 bits per heavy atom. The first-order valence-electron chi connectivity index (χ1n) is 5.43. The van der Waals surface area contributed by atoms with Crippen molar-refractivity contribution in [2.45, 2.75) is 6.54 Å². The molecule has 0 unspecified atom stereocenters. The van der Waals surface area contributed by atoms with Crippen LogP contribution >= 0.6 is 0 Å². The first-order valence-corrected chi connectivity index (χ1v) is 5.43. The SMILES string of the molecule is c1ccc2c(c1)C[n+]1c-2oc2ccccc21. The predicted octanol–water partition coefficient (Wildman–Crippen LogP) is 2.75. The lowest BCUT2D eigenvalue weighted by molar-refractivity contribution is -0.649. The zero-order chi connectivity index (χ0) is 10.5. The molecule has 0 spiro atoms. The zero-order valence-electron chi connectivity index (χ0n) is 8.68. The second-order valence-corrected chi connectivity index (χ2v) is 4.12. The number of hydrogen-bond donors (Lipinski definition) is 0. The van der Waals surface area contributed by atoms with E-state index in [4.69, 9.17) is 4.42 Å². The van der Waals surface area contributed by atoms with Gasteiger partial charge in [-0.2, -0.15) is 4.57 Å². The van der Waals surface area contributed by atoms with Crippen molar-refractivity contribution in [2.75, 3.05) is 0 Å². The standard InChI is InChI=1S/C14H10NO/c1-2-6-11-10(5-1)9-15-12-7-3-4-8-13(12)16-14(11)15/h1-8H,9H2/q+1. The molecule has 0 saturated carbocycles. The van der Waals surface area contributed by atoms with Gasteiger partial charge in [-0.1, -0.05) is 30.3 Å². The summed E-state index contributed by atoms with van der Waals surface area (Å²) in [6, 6.07) is 16.6. The van der Waals surface area contributed by atoms with Gasteiger partial charge in [-0.15, -0.1) is 0 Å². The van der Waals surface area contributed by atoms with Crippen LogP contribution in [0.25, 0.3) is 22.6 Å². The summed E-state index contributed by atoms with van der Waals surface area (Å²) in [5.41, 5.74) is 4.70. The number of hydrogen-bond acceptors (Lipinski definition) is 1. The fourth-order valence-corrected chi connectivity index (χ4v) is 2.43. The average Bonchev–Trinajstić information content (AvgIpc) is 2.85. The van der Waals surface area contributed by atoms with E-state index in [1.54, 1.807) is 0 Å². The van der Waals surface area contributed by atoms with Crippen LogP contribution in [0.4, 0.5) is 0 Å². The van der Waals surface area contributed by atoms with Crippen molar-refractivity contribution in [3.05, 3.63) is 54.1 Å². The van der Waals surface area contributed by atoms with Crippen LogP contribution < -0.4 is 4.57 Å². The summed E-state index contributed by atoms with van der Waals surface area (Å²) in [5, 5.41) is 0. The summed E-state index contributed by atoms with van der Waals surface area (Å²) in [6.07, 6.45) is 0. The summed E-state index contributed by atoms with van der Waals surface area (Å²) in [7, 11) is 0. The Morgan fingerprint density at radius 2 is 1.75 bits per heavy atom. The molecule has 0 atom stereocenters. The molecule has 0 amide bonds. The normalized spacial score (nSPS) is 12.8. The second kappa shape index (κ2) is 2.73. The Hall–Kier alpha value is -2.09. The van der Waals surface area contributed by atoms with Gasteiger partial charge in [0.2, 0.25) is 5.58 Å². The van der Waals surface area contributed by atoms with Gasteiger partial charge in [-0.3, -0.25) is 0 Å². The molecule has 0 aliphatic carbocycles. The maximum atomic E-state index is 5.90. The van der Waals surface area contributed by atoms with Gasteiger partial charge >= 0.3 is 5.89 Å². The first kappa shape index (κ1) is 8.11. The third kappa shape index (κ3) is 0.890. The number of rotatable bonds is 0. The number of oxazole rings is 1. The van der Waals surface area contributed by atoms with Gasteiger partial charge < -0.3 is 4.42 Å². The second-order valence-electron chi connectivity index (χ2n) is 4.12. The quantitative estimate of drug-likeness (QED) is 0.406. The lowest BCUT2D eigenvalue weighted by Crippen LogP contribution is -2.30. The molecule has 0 fully saturated rings. The van der Waals surface area contributed by atoms with E-state index in [-0.39, 0.29) is 0 Å². The molecule has 16 heavy (non-hydrogen) atoms. The molecule has 0 bridgehead atoms. The molecule has 2 nitrogen and oxygen atoms in total. The summed E-state index contributed by atoms with van der Waals surface area (Å²) in [6.45, 7) is 0.919. The number of aromatic nitrogens is 1. The number of benzene rings is 2. The first-order chi connectivity index (χ1) is 7.93. The van der Waals surface area contributed by atoms with Crippen molar-refractivity contribution in [3.8, 4) is 11.5 Å². The van der Waals surface area contributed by atoms with Crippen molar-refractivity contribution in [3.63, 3.8) is 0 Å². The summed E-state index contributed by atoms with van der Waals surface area (Å²) in [5.74, 6) is 0.983. The lowest BCUT2D eigenvalue weighted by atomic mass is 10.1. The molecule has 1 aliphatic rings. The van der Waals surface area contributed by atoms with Crippen molar-refractivity contribution < 1.29 is 8.98 Å². The molecule has 1 aromatic heterocycles. The molecule has 2 heteroatoms. The van der Waals surface area contributed by atoms with Crippen molar-refractivity contribution in [2.24, 2.45) is 0 Å². The minimum absolute atomic E-state index is 0.919. The van der Waals surface area contributed by atoms with E-state index in [0.717, 1.165) is 18.0 Å². The van der Waals surface area contributed by atoms with Gasteiger partial charge in [0, 0.05) is 11.6 Å². The fraction of sp³-hybridized carbons (Fsp3) is 0.0714. The molecular formula is C14H10NO+. The van der Waals surface area contributed by atoms with Crippen LogP contribution in [0, 0.1) is 0 Å². The van der Waals surface area contributed by atoms with E-state index >= 15 is 0 Å². The number of nitrogens with zero attached hydrogens (tertiary/aromatic N) is 1. The molecule has 1 aliphatic heterocycles. The molecule has 76 valence electrons. The molecule has 2 heterocycles. The summed E-state index contributed by atoms with van der Waals surface area (Å²) in [4.78, 5) is 0. The highest BCUT2D eigenvalue weighted by atomic mass is 16.4. The Balaban J connectivity index is 2.12. The maximum Gasteiger partial charge on any atom is 0.382 e. The van der Waals surface area contributed by atoms with Gasteiger partial charge in [0.1, 0.15) is 0 Å².